The van der Waals surface area contributed by atoms with Gasteiger partial charge in [0.2, 0.25) is 0 Å². The van der Waals surface area contributed by atoms with Gasteiger partial charge in [-0.3, -0.25) is 0 Å². The molecule has 31 heavy (non-hydrogen) atoms. The zero-order chi connectivity index (χ0) is 22.0. The maximum Gasteiger partial charge on any atom is 0.134 e. The SMILES string of the molecule is CC(C)(C)c1cc2c([c]c1-c1ccco1)Cc1cc(-c3ccco3)c(C(C)(C)C)cc1-2. The molecule has 2 aromatic heterocycles. The van der Waals surface area contributed by atoms with Crippen LogP contribution in [-0.4, -0.2) is 0 Å². The van der Waals surface area contributed by atoms with Gasteiger partial charge < -0.3 is 8.83 Å². The average molecular weight is 410 g/mol. The topological polar surface area (TPSA) is 26.3 Å². The van der Waals surface area contributed by atoms with Gasteiger partial charge in [-0.05, 0) is 99.2 Å². The van der Waals surface area contributed by atoms with Crippen LogP contribution in [0.3, 0.4) is 0 Å². The minimum atomic E-state index is -0.0165. The molecule has 0 unspecified atom stereocenters. The van der Waals surface area contributed by atoms with Gasteiger partial charge in [-0.15, -0.1) is 0 Å². The number of benzene rings is 2. The van der Waals surface area contributed by atoms with Crippen molar-refractivity contribution in [2.45, 2.75) is 58.8 Å². The molecule has 2 nitrogen and oxygen atoms in total. The molecular weight excluding hydrogens is 380 g/mol. The van der Waals surface area contributed by atoms with Crippen LogP contribution in [0.4, 0.5) is 0 Å². The summed E-state index contributed by atoms with van der Waals surface area (Å²) < 4.78 is 11.6. The van der Waals surface area contributed by atoms with Gasteiger partial charge in [-0.25, -0.2) is 0 Å². The van der Waals surface area contributed by atoms with Crippen LogP contribution in [0.2, 0.25) is 0 Å². The molecule has 0 atom stereocenters. The van der Waals surface area contributed by atoms with Crippen molar-refractivity contribution in [2.24, 2.45) is 0 Å². The number of hydrogen-bond acceptors (Lipinski definition) is 2. The Morgan fingerprint density at radius 2 is 1.32 bits per heavy atom. The first-order valence-electron chi connectivity index (χ1n) is 11.0. The molecular formula is C29H29O2. The fourth-order valence-electron chi connectivity index (χ4n) is 4.66. The average Bonchev–Trinajstić information content (AvgIpc) is 3.44. The Balaban J connectivity index is 1.74. The van der Waals surface area contributed by atoms with Crippen LogP contribution < -0.4 is 0 Å². The molecule has 2 aromatic carbocycles. The van der Waals surface area contributed by atoms with Gasteiger partial charge in [-0.1, -0.05) is 41.5 Å². The van der Waals surface area contributed by atoms with Gasteiger partial charge in [0.15, 0.2) is 0 Å². The molecule has 1 radical (unpaired) electrons. The first-order valence-corrected chi connectivity index (χ1v) is 11.0. The van der Waals surface area contributed by atoms with E-state index in [0.29, 0.717) is 0 Å². The highest BCUT2D eigenvalue weighted by Gasteiger charge is 2.30. The lowest BCUT2D eigenvalue weighted by atomic mass is 9.79. The first kappa shape index (κ1) is 19.9. The predicted molar refractivity (Wildman–Crippen MR) is 126 cm³/mol. The van der Waals surface area contributed by atoms with Crippen molar-refractivity contribution in [1.29, 1.82) is 0 Å². The minimum Gasteiger partial charge on any atom is -0.464 e. The van der Waals surface area contributed by atoms with E-state index in [-0.39, 0.29) is 10.8 Å². The van der Waals surface area contributed by atoms with E-state index in [1.165, 1.54) is 38.9 Å². The summed E-state index contributed by atoms with van der Waals surface area (Å²) >= 11 is 0. The quantitative estimate of drug-likeness (QED) is 0.294. The van der Waals surface area contributed by atoms with Crippen LogP contribution in [0.25, 0.3) is 33.8 Å². The van der Waals surface area contributed by atoms with Gasteiger partial charge in [0, 0.05) is 11.1 Å². The van der Waals surface area contributed by atoms with Crippen molar-refractivity contribution in [3.63, 3.8) is 0 Å². The van der Waals surface area contributed by atoms with Crippen LogP contribution in [-0.2, 0) is 17.3 Å². The van der Waals surface area contributed by atoms with Crippen molar-refractivity contribution < 1.29 is 8.83 Å². The third kappa shape index (κ3) is 3.35. The van der Waals surface area contributed by atoms with Gasteiger partial charge in [0.05, 0.1) is 12.5 Å². The van der Waals surface area contributed by atoms with E-state index in [0.717, 1.165) is 23.5 Å². The Labute approximate surface area is 184 Å². The van der Waals surface area contributed by atoms with Gasteiger partial charge in [0.25, 0.3) is 0 Å². The highest BCUT2D eigenvalue weighted by atomic mass is 16.3. The van der Waals surface area contributed by atoms with Crippen molar-refractivity contribution in [2.75, 3.05) is 0 Å². The molecule has 0 N–H and O–H groups in total. The molecule has 0 spiro atoms. The van der Waals surface area contributed by atoms with Crippen LogP contribution in [0.15, 0.2) is 63.8 Å². The molecule has 0 amide bonds. The second-order valence-corrected chi connectivity index (χ2v) is 10.6. The molecule has 0 aliphatic heterocycles. The van der Waals surface area contributed by atoms with Crippen LogP contribution >= 0.6 is 0 Å². The molecule has 5 rings (SSSR count). The van der Waals surface area contributed by atoms with E-state index in [1.54, 1.807) is 12.5 Å². The molecule has 157 valence electrons. The van der Waals surface area contributed by atoms with E-state index < -0.39 is 0 Å². The molecule has 1 aliphatic rings. The third-order valence-electron chi connectivity index (χ3n) is 6.23. The number of rotatable bonds is 2. The lowest BCUT2D eigenvalue weighted by molar-refractivity contribution is 0.566. The van der Waals surface area contributed by atoms with E-state index in [1.807, 2.05) is 18.2 Å². The Kier molecular flexibility index (Phi) is 4.34. The highest BCUT2D eigenvalue weighted by molar-refractivity contribution is 5.84. The normalized spacial score (nSPS) is 13.4. The molecule has 0 saturated carbocycles. The summed E-state index contributed by atoms with van der Waals surface area (Å²) in [5.41, 5.74) is 10.0. The third-order valence-corrected chi connectivity index (χ3v) is 6.23. The van der Waals surface area contributed by atoms with Crippen molar-refractivity contribution in [1.82, 2.24) is 0 Å². The van der Waals surface area contributed by atoms with Crippen molar-refractivity contribution in [3.05, 3.63) is 83.3 Å². The standard InChI is InChI=1S/C29H29O2/c1-28(2,3)24-16-20-18(14-22(24)26-9-7-11-30-26)13-19-15-23(27-10-8-12-31-27)25(17-21(19)20)29(4,5)6/h7-12,14,16-17H,13H2,1-6H3. The minimum absolute atomic E-state index is 0.00455. The molecule has 0 saturated heterocycles. The zero-order valence-corrected chi connectivity index (χ0v) is 19.2. The first-order chi connectivity index (χ1) is 14.6. The van der Waals surface area contributed by atoms with Gasteiger partial charge >= 0.3 is 0 Å². The fourth-order valence-corrected chi connectivity index (χ4v) is 4.66. The Morgan fingerprint density at radius 3 is 1.90 bits per heavy atom. The van der Waals surface area contributed by atoms with Gasteiger partial charge in [0.1, 0.15) is 11.5 Å². The maximum atomic E-state index is 5.80. The van der Waals surface area contributed by atoms with E-state index in [9.17, 15) is 0 Å². The lowest BCUT2D eigenvalue weighted by Crippen LogP contribution is -2.14. The fraction of sp³-hybridized carbons (Fsp3) is 0.310. The monoisotopic (exact) mass is 409 g/mol. The summed E-state index contributed by atoms with van der Waals surface area (Å²) in [4.78, 5) is 0. The molecule has 1 aliphatic carbocycles. The van der Waals surface area contributed by atoms with Crippen LogP contribution in [0, 0.1) is 6.07 Å². The number of fused-ring (bicyclic) bond motifs is 3. The van der Waals surface area contributed by atoms with E-state index in [2.05, 4.69) is 71.9 Å². The van der Waals surface area contributed by atoms with Crippen LogP contribution in [0.5, 0.6) is 0 Å². The Bertz CT molecular complexity index is 1140. The van der Waals surface area contributed by atoms with Crippen molar-refractivity contribution in [3.8, 4) is 33.8 Å². The predicted octanol–water partition coefficient (Wildman–Crippen LogP) is 8.17. The summed E-state index contributed by atoms with van der Waals surface area (Å²) in [5.74, 6) is 1.81. The van der Waals surface area contributed by atoms with E-state index in [4.69, 9.17) is 8.83 Å². The molecule has 0 bridgehead atoms. The molecule has 4 aromatic rings. The summed E-state index contributed by atoms with van der Waals surface area (Å²) in [6.07, 6.45) is 4.37. The number of furan rings is 2. The van der Waals surface area contributed by atoms with Gasteiger partial charge in [-0.2, -0.15) is 0 Å². The zero-order valence-electron chi connectivity index (χ0n) is 19.2. The molecule has 2 heterocycles. The Morgan fingerprint density at radius 1 is 0.710 bits per heavy atom. The summed E-state index contributed by atoms with van der Waals surface area (Å²) in [6, 6.07) is 18.8. The highest BCUT2D eigenvalue weighted by Crippen LogP contribution is 2.46. The van der Waals surface area contributed by atoms with Crippen molar-refractivity contribution >= 4 is 0 Å². The summed E-state index contributed by atoms with van der Waals surface area (Å²) in [6.45, 7) is 13.6. The largest absolute Gasteiger partial charge is 0.464 e. The second kappa shape index (κ2) is 6.75. The lowest BCUT2D eigenvalue weighted by Gasteiger charge is -2.25. The summed E-state index contributed by atoms with van der Waals surface area (Å²) in [7, 11) is 0. The number of hydrogen-bond donors (Lipinski definition) is 0. The maximum absolute atomic E-state index is 5.80. The molecule has 2 heteroatoms. The van der Waals surface area contributed by atoms with E-state index >= 15 is 0 Å². The summed E-state index contributed by atoms with van der Waals surface area (Å²) in [5, 5.41) is 0. The van der Waals surface area contributed by atoms with Crippen LogP contribution in [0.1, 0.15) is 63.8 Å². The smallest absolute Gasteiger partial charge is 0.134 e. The molecule has 0 fully saturated rings. The second-order valence-electron chi connectivity index (χ2n) is 10.6. The Hall–Kier alpha value is -3.00.